The lowest BCUT2D eigenvalue weighted by atomic mass is 10.1. The Balaban J connectivity index is 1.72. The van der Waals surface area contributed by atoms with Crippen molar-refractivity contribution in [2.75, 3.05) is 13.2 Å². The first-order valence-electron chi connectivity index (χ1n) is 8.02. The van der Waals surface area contributed by atoms with E-state index < -0.39 is 0 Å². The van der Waals surface area contributed by atoms with Crippen molar-refractivity contribution < 1.29 is 13.9 Å². The van der Waals surface area contributed by atoms with Crippen molar-refractivity contribution in [3.63, 3.8) is 0 Å². The number of hydrogen-bond acceptors (Lipinski definition) is 3. The molecule has 0 bridgehead atoms. The summed E-state index contributed by atoms with van der Waals surface area (Å²) in [6.07, 6.45) is 0.839. The molecule has 0 aliphatic rings. The Hall–Kier alpha value is -2.07. The molecule has 4 nitrogen and oxygen atoms in total. The van der Waals surface area contributed by atoms with Gasteiger partial charge in [0.1, 0.15) is 11.5 Å². The average molecular weight is 315 g/mol. The second-order valence-electron chi connectivity index (χ2n) is 5.75. The maximum atomic E-state index is 12.2. The second kappa shape index (κ2) is 7.97. The Morgan fingerprint density at radius 2 is 1.87 bits per heavy atom. The zero-order chi connectivity index (χ0) is 16.8. The summed E-state index contributed by atoms with van der Waals surface area (Å²) < 4.78 is 11.3. The van der Waals surface area contributed by atoms with E-state index >= 15 is 0 Å². The molecule has 1 aromatic heterocycles. The van der Waals surface area contributed by atoms with Gasteiger partial charge in [0.25, 0.3) is 5.91 Å². The highest BCUT2D eigenvalue weighted by Crippen LogP contribution is 2.20. The quantitative estimate of drug-likeness (QED) is 0.783. The summed E-state index contributed by atoms with van der Waals surface area (Å²) >= 11 is 0. The van der Waals surface area contributed by atoms with Crippen molar-refractivity contribution in [2.24, 2.45) is 0 Å². The number of carbonyl (C=O) groups excluding carboxylic acids is 1. The third kappa shape index (κ3) is 4.45. The molecule has 1 atom stereocenters. The molecular formula is C19H25NO3. The van der Waals surface area contributed by atoms with E-state index in [9.17, 15) is 4.79 Å². The van der Waals surface area contributed by atoms with Crippen LogP contribution < -0.4 is 5.32 Å². The largest absolute Gasteiger partial charge is 0.466 e. The first-order valence-corrected chi connectivity index (χ1v) is 8.02. The van der Waals surface area contributed by atoms with Crippen molar-refractivity contribution in [1.29, 1.82) is 0 Å². The Bertz CT molecular complexity index is 646. The van der Waals surface area contributed by atoms with Gasteiger partial charge in [-0.3, -0.25) is 4.79 Å². The van der Waals surface area contributed by atoms with Crippen LogP contribution in [-0.4, -0.2) is 19.1 Å². The minimum absolute atomic E-state index is 0.0629. The Morgan fingerprint density at radius 3 is 2.48 bits per heavy atom. The number of nitrogens with one attached hydrogen (secondary N) is 1. The maximum absolute atomic E-state index is 12.2. The monoisotopic (exact) mass is 315 g/mol. The SMILES string of the molecule is Cc1oc(C)c(C(=O)NCCCOC(C)c2ccccc2)c1C. The molecule has 1 N–H and O–H groups in total. The lowest BCUT2D eigenvalue weighted by Gasteiger charge is -2.13. The number of rotatable bonds is 7. The molecule has 124 valence electrons. The van der Waals surface area contributed by atoms with Crippen LogP contribution in [0.2, 0.25) is 0 Å². The van der Waals surface area contributed by atoms with E-state index in [2.05, 4.69) is 17.4 Å². The van der Waals surface area contributed by atoms with Gasteiger partial charge < -0.3 is 14.5 Å². The number of carbonyl (C=O) groups is 1. The van der Waals surface area contributed by atoms with Crippen molar-refractivity contribution in [1.82, 2.24) is 5.32 Å². The smallest absolute Gasteiger partial charge is 0.255 e. The van der Waals surface area contributed by atoms with E-state index in [4.69, 9.17) is 9.15 Å². The lowest BCUT2D eigenvalue weighted by molar-refractivity contribution is 0.0635. The predicted octanol–water partition coefficient (Wildman–Crippen LogP) is 4.10. The van der Waals surface area contributed by atoms with Gasteiger partial charge in [0.15, 0.2) is 0 Å². The molecule has 0 spiro atoms. The number of furan rings is 1. The summed E-state index contributed by atoms with van der Waals surface area (Å²) in [5.74, 6) is 1.40. The number of benzene rings is 1. The van der Waals surface area contributed by atoms with Gasteiger partial charge in [-0.2, -0.15) is 0 Å². The van der Waals surface area contributed by atoms with Gasteiger partial charge in [0.2, 0.25) is 0 Å². The van der Waals surface area contributed by atoms with Crippen LogP contribution in [-0.2, 0) is 4.74 Å². The summed E-state index contributed by atoms with van der Waals surface area (Å²) in [5.41, 5.74) is 2.73. The Kier molecular flexibility index (Phi) is 5.99. The highest BCUT2D eigenvalue weighted by Gasteiger charge is 2.17. The van der Waals surface area contributed by atoms with E-state index in [1.807, 2.05) is 45.9 Å². The molecule has 1 unspecified atom stereocenters. The van der Waals surface area contributed by atoms with E-state index in [1.54, 1.807) is 0 Å². The summed E-state index contributed by atoms with van der Waals surface area (Å²) in [6, 6.07) is 10.1. The molecule has 2 rings (SSSR count). The van der Waals surface area contributed by atoms with Crippen LogP contribution in [0.25, 0.3) is 0 Å². The zero-order valence-electron chi connectivity index (χ0n) is 14.3. The van der Waals surface area contributed by atoms with Crippen molar-refractivity contribution >= 4 is 5.91 Å². The van der Waals surface area contributed by atoms with Gasteiger partial charge in [-0.05, 0) is 39.7 Å². The van der Waals surface area contributed by atoms with E-state index in [0.717, 1.165) is 23.3 Å². The van der Waals surface area contributed by atoms with Crippen LogP contribution in [0.4, 0.5) is 0 Å². The molecule has 0 fully saturated rings. The fourth-order valence-electron chi connectivity index (χ4n) is 2.57. The minimum atomic E-state index is -0.0760. The van der Waals surface area contributed by atoms with E-state index in [-0.39, 0.29) is 12.0 Å². The van der Waals surface area contributed by atoms with Crippen molar-refractivity contribution in [3.8, 4) is 0 Å². The van der Waals surface area contributed by atoms with Gasteiger partial charge in [-0.25, -0.2) is 0 Å². The summed E-state index contributed by atoms with van der Waals surface area (Å²) in [6.45, 7) is 8.83. The van der Waals surface area contributed by atoms with Crippen LogP contribution in [0, 0.1) is 20.8 Å². The lowest BCUT2D eigenvalue weighted by Crippen LogP contribution is -2.26. The minimum Gasteiger partial charge on any atom is -0.466 e. The third-order valence-corrected chi connectivity index (χ3v) is 4.03. The van der Waals surface area contributed by atoms with Gasteiger partial charge in [-0.1, -0.05) is 30.3 Å². The highest BCUT2D eigenvalue weighted by atomic mass is 16.5. The normalized spacial score (nSPS) is 12.2. The molecule has 0 aliphatic heterocycles. The number of amides is 1. The van der Waals surface area contributed by atoms with Crippen molar-refractivity contribution in [2.45, 2.75) is 40.2 Å². The highest BCUT2D eigenvalue weighted by molar-refractivity contribution is 5.96. The maximum Gasteiger partial charge on any atom is 0.255 e. The summed E-state index contributed by atoms with van der Waals surface area (Å²) in [4.78, 5) is 12.2. The molecule has 1 aromatic carbocycles. The van der Waals surface area contributed by atoms with Crippen LogP contribution in [0.3, 0.4) is 0 Å². The van der Waals surface area contributed by atoms with Crippen LogP contribution in [0.5, 0.6) is 0 Å². The molecule has 2 aromatic rings. The zero-order valence-corrected chi connectivity index (χ0v) is 14.3. The third-order valence-electron chi connectivity index (χ3n) is 4.03. The number of hydrogen-bond donors (Lipinski definition) is 1. The number of aryl methyl sites for hydroxylation is 2. The standard InChI is InChI=1S/C19H25NO3/c1-13-14(2)23-16(4)18(13)19(21)20-11-8-12-22-15(3)17-9-6-5-7-10-17/h5-7,9-10,15H,8,11-12H2,1-4H3,(H,20,21). The fourth-order valence-corrected chi connectivity index (χ4v) is 2.57. The Morgan fingerprint density at radius 1 is 1.17 bits per heavy atom. The van der Waals surface area contributed by atoms with Gasteiger partial charge in [-0.15, -0.1) is 0 Å². The molecule has 1 amide bonds. The second-order valence-corrected chi connectivity index (χ2v) is 5.75. The molecule has 0 saturated heterocycles. The fraction of sp³-hybridized carbons (Fsp3) is 0.421. The van der Waals surface area contributed by atoms with E-state index in [0.29, 0.717) is 24.5 Å². The van der Waals surface area contributed by atoms with Crippen molar-refractivity contribution in [3.05, 3.63) is 58.5 Å². The topological polar surface area (TPSA) is 51.5 Å². The average Bonchev–Trinajstić information content (AvgIpc) is 2.80. The van der Waals surface area contributed by atoms with Crippen LogP contribution in [0.15, 0.2) is 34.7 Å². The molecule has 4 heteroatoms. The molecule has 1 heterocycles. The molecular weight excluding hydrogens is 290 g/mol. The molecule has 0 saturated carbocycles. The van der Waals surface area contributed by atoms with Gasteiger partial charge in [0.05, 0.1) is 11.7 Å². The van der Waals surface area contributed by atoms with Crippen LogP contribution >= 0.6 is 0 Å². The predicted molar refractivity (Wildman–Crippen MR) is 90.7 cm³/mol. The first kappa shape index (κ1) is 17.3. The number of ether oxygens (including phenoxy) is 1. The molecule has 23 heavy (non-hydrogen) atoms. The summed E-state index contributed by atoms with van der Waals surface area (Å²) in [5, 5.41) is 2.93. The van der Waals surface area contributed by atoms with Gasteiger partial charge in [0, 0.05) is 18.7 Å². The summed E-state index contributed by atoms with van der Waals surface area (Å²) in [7, 11) is 0. The van der Waals surface area contributed by atoms with Gasteiger partial charge >= 0.3 is 0 Å². The molecule has 0 radical (unpaired) electrons. The first-order chi connectivity index (χ1) is 11.0. The Labute approximate surface area is 137 Å². The van der Waals surface area contributed by atoms with E-state index in [1.165, 1.54) is 0 Å². The molecule has 0 aliphatic carbocycles. The van der Waals surface area contributed by atoms with Crippen LogP contribution in [0.1, 0.15) is 52.5 Å².